The molecule has 0 saturated heterocycles. The van der Waals surface area contributed by atoms with Crippen molar-refractivity contribution in [3.8, 4) is 10.6 Å². The van der Waals surface area contributed by atoms with Crippen molar-refractivity contribution in [1.29, 1.82) is 0 Å². The molecule has 0 bridgehead atoms. The summed E-state index contributed by atoms with van der Waals surface area (Å²) in [6.07, 6.45) is 1.74. The maximum absolute atomic E-state index is 12.6. The van der Waals surface area contributed by atoms with Crippen LogP contribution in [0.15, 0.2) is 29.6 Å². The average molecular weight is 344 g/mol. The lowest BCUT2D eigenvalue weighted by atomic mass is 10.0. The van der Waals surface area contributed by atoms with Crippen LogP contribution in [0.2, 0.25) is 0 Å². The summed E-state index contributed by atoms with van der Waals surface area (Å²) in [5.41, 5.74) is 2.56. The van der Waals surface area contributed by atoms with Crippen LogP contribution in [0.1, 0.15) is 48.7 Å². The lowest BCUT2D eigenvalue weighted by molar-refractivity contribution is -0.137. The Morgan fingerprint density at radius 2 is 1.96 bits per heavy atom. The number of nitrogens with zero attached hydrogens (tertiary/aromatic N) is 2. The monoisotopic (exact) mass is 344 g/mol. The molecule has 1 saturated carbocycles. The van der Waals surface area contributed by atoms with Crippen LogP contribution in [0.3, 0.4) is 0 Å². The Bertz CT molecular complexity index is 748. The van der Waals surface area contributed by atoms with Crippen molar-refractivity contribution >= 4 is 23.2 Å². The van der Waals surface area contributed by atoms with Gasteiger partial charge in [0.25, 0.3) is 5.91 Å². The number of aromatic nitrogens is 1. The number of carboxylic acids is 1. The van der Waals surface area contributed by atoms with Crippen molar-refractivity contribution in [3.63, 3.8) is 0 Å². The fraction of sp³-hybridized carbons (Fsp3) is 0.389. The lowest BCUT2D eigenvalue weighted by Crippen LogP contribution is -2.37. The Morgan fingerprint density at radius 1 is 1.29 bits per heavy atom. The minimum atomic E-state index is -0.991. The average Bonchev–Trinajstić information content (AvgIpc) is 3.28. The molecule has 5 nitrogen and oxygen atoms in total. The second-order valence-electron chi connectivity index (χ2n) is 6.37. The van der Waals surface area contributed by atoms with E-state index in [-0.39, 0.29) is 18.5 Å². The van der Waals surface area contributed by atoms with E-state index in [1.165, 1.54) is 21.8 Å². The highest BCUT2D eigenvalue weighted by Crippen LogP contribution is 2.30. The number of hydrogen-bond acceptors (Lipinski definition) is 4. The first-order valence-corrected chi connectivity index (χ1v) is 8.92. The van der Waals surface area contributed by atoms with Crippen molar-refractivity contribution in [2.75, 3.05) is 6.54 Å². The Kier molecular flexibility index (Phi) is 4.66. The third kappa shape index (κ3) is 3.64. The Morgan fingerprint density at radius 3 is 2.50 bits per heavy atom. The van der Waals surface area contributed by atoms with E-state index >= 15 is 0 Å². The third-order valence-corrected chi connectivity index (χ3v) is 4.99. The SMILES string of the molecule is CC(C)c1ccc(-c2nc(C(=O)N(CC(=O)O)C3CC3)cs2)cc1. The smallest absolute Gasteiger partial charge is 0.323 e. The topological polar surface area (TPSA) is 70.5 Å². The van der Waals surface area contributed by atoms with E-state index in [0.717, 1.165) is 23.4 Å². The Balaban J connectivity index is 1.79. The molecule has 2 aromatic rings. The highest BCUT2D eigenvalue weighted by atomic mass is 32.1. The van der Waals surface area contributed by atoms with Crippen molar-refractivity contribution < 1.29 is 14.7 Å². The highest BCUT2D eigenvalue weighted by molar-refractivity contribution is 7.13. The zero-order valence-electron chi connectivity index (χ0n) is 13.7. The Hall–Kier alpha value is -2.21. The first-order valence-electron chi connectivity index (χ1n) is 8.04. The molecule has 1 heterocycles. The molecule has 1 aliphatic carbocycles. The van der Waals surface area contributed by atoms with Crippen LogP contribution >= 0.6 is 11.3 Å². The molecule has 1 aromatic heterocycles. The van der Waals surface area contributed by atoms with Gasteiger partial charge in [-0.1, -0.05) is 38.1 Å². The largest absolute Gasteiger partial charge is 0.480 e. The molecule has 0 radical (unpaired) electrons. The summed E-state index contributed by atoms with van der Waals surface area (Å²) in [5.74, 6) is -0.813. The van der Waals surface area contributed by atoms with Crippen LogP contribution < -0.4 is 0 Å². The number of carbonyl (C=O) groups excluding carboxylic acids is 1. The summed E-state index contributed by atoms with van der Waals surface area (Å²) in [7, 11) is 0. The van der Waals surface area contributed by atoms with Crippen LogP contribution in [-0.2, 0) is 4.79 Å². The molecule has 3 rings (SSSR count). The van der Waals surface area contributed by atoms with Gasteiger partial charge in [0.2, 0.25) is 0 Å². The van der Waals surface area contributed by atoms with Crippen LogP contribution in [0, 0.1) is 0 Å². The first-order chi connectivity index (χ1) is 11.5. The van der Waals surface area contributed by atoms with Gasteiger partial charge in [-0.05, 0) is 24.3 Å². The van der Waals surface area contributed by atoms with Gasteiger partial charge in [-0.15, -0.1) is 11.3 Å². The minimum Gasteiger partial charge on any atom is -0.480 e. The van der Waals surface area contributed by atoms with E-state index in [4.69, 9.17) is 5.11 Å². The summed E-state index contributed by atoms with van der Waals surface area (Å²) in [4.78, 5) is 29.4. The normalized spacial score (nSPS) is 14.0. The van der Waals surface area contributed by atoms with E-state index in [2.05, 4.69) is 31.0 Å². The maximum atomic E-state index is 12.6. The summed E-state index contributed by atoms with van der Waals surface area (Å²) >= 11 is 1.41. The van der Waals surface area contributed by atoms with Crippen LogP contribution in [0.25, 0.3) is 10.6 Å². The molecule has 24 heavy (non-hydrogen) atoms. The van der Waals surface area contributed by atoms with E-state index in [1.54, 1.807) is 5.38 Å². The van der Waals surface area contributed by atoms with E-state index in [9.17, 15) is 9.59 Å². The predicted molar refractivity (Wildman–Crippen MR) is 93.3 cm³/mol. The van der Waals surface area contributed by atoms with Gasteiger partial charge < -0.3 is 10.0 Å². The van der Waals surface area contributed by atoms with E-state index in [1.807, 2.05) is 12.1 Å². The van der Waals surface area contributed by atoms with E-state index in [0.29, 0.717) is 11.6 Å². The molecular formula is C18H20N2O3S. The minimum absolute atomic E-state index is 0.0454. The Labute approximate surface area is 145 Å². The molecule has 1 fully saturated rings. The van der Waals surface area contributed by atoms with Gasteiger partial charge in [0, 0.05) is 17.0 Å². The summed E-state index contributed by atoms with van der Waals surface area (Å²) < 4.78 is 0. The zero-order chi connectivity index (χ0) is 17.3. The molecule has 1 aliphatic rings. The van der Waals surface area contributed by atoms with Gasteiger partial charge in [-0.25, -0.2) is 4.98 Å². The number of thiazole rings is 1. The first kappa shape index (κ1) is 16.6. The quantitative estimate of drug-likeness (QED) is 0.869. The van der Waals surface area contributed by atoms with Crippen LogP contribution in [0.4, 0.5) is 0 Å². The van der Waals surface area contributed by atoms with Crippen LogP contribution in [0.5, 0.6) is 0 Å². The number of aliphatic carboxylic acids is 1. The molecular weight excluding hydrogens is 324 g/mol. The lowest BCUT2D eigenvalue weighted by Gasteiger charge is -2.18. The number of benzene rings is 1. The van der Waals surface area contributed by atoms with Crippen molar-refractivity contribution in [2.24, 2.45) is 0 Å². The fourth-order valence-corrected chi connectivity index (χ4v) is 3.36. The zero-order valence-corrected chi connectivity index (χ0v) is 14.5. The molecule has 0 spiro atoms. The van der Waals surface area contributed by atoms with E-state index < -0.39 is 5.97 Å². The standard InChI is InChI=1S/C18H20N2O3S/c1-11(2)12-3-5-13(6-4-12)17-19-15(10-24-17)18(23)20(9-16(21)22)14-7-8-14/h3-6,10-11,14H,7-9H2,1-2H3,(H,21,22). The number of rotatable bonds is 6. The fourth-order valence-electron chi connectivity index (χ4n) is 2.56. The molecule has 126 valence electrons. The van der Waals surface area contributed by atoms with Crippen molar-refractivity contribution in [1.82, 2.24) is 9.88 Å². The number of hydrogen-bond donors (Lipinski definition) is 1. The number of carboxylic acid groups (broad SMARTS) is 1. The highest BCUT2D eigenvalue weighted by Gasteiger charge is 2.35. The molecule has 6 heteroatoms. The molecule has 0 atom stereocenters. The summed E-state index contributed by atoms with van der Waals surface area (Å²) in [6.45, 7) is 4.02. The van der Waals surface area contributed by atoms with Gasteiger partial charge >= 0.3 is 5.97 Å². The van der Waals surface area contributed by atoms with Gasteiger partial charge in [-0.3, -0.25) is 9.59 Å². The third-order valence-electron chi connectivity index (χ3n) is 4.10. The van der Waals surface area contributed by atoms with Crippen LogP contribution in [-0.4, -0.2) is 39.5 Å². The summed E-state index contributed by atoms with van der Waals surface area (Å²) in [5, 5.41) is 11.5. The molecule has 0 aliphatic heterocycles. The maximum Gasteiger partial charge on any atom is 0.323 e. The molecule has 1 amide bonds. The van der Waals surface area contributed by atoms with Gasteiger partial charge in [-0.2, -0.15) is 0 Å². The molecule has 1 N–H and O–H groups in total. The molecule has 1 aromatic carbocycles. The number of carbonyl (C=O) groups is 2. The van der Waals surface area contributed by atoms with Crippen molar-refractivity contribution in [3.05, 3.63) is 40.9 Å². The second-order valence-corrected chi connectivity index (χ2v) is 7.23. The predicted octanol–water partition coefficient (Wildman–Crippen LogP) is 3.62. The van der Waals surface area contributed by atoms with Crippen molar-refractivity contribution in [2.45, 2.75) is 38.6 Å². The second kappa shape index (κ2) is 6.73. The van der Waals surface area contributed by atoms with Gasteiger partial charge in [0.15, 0.2) is 0 Å². The number of amides is 1. The summed E-state index contributed by atoms with van der Waals surface area (Å²) in [6, 6.07) is 8.22. The van der Waals surface area contributed by atoms with Gasteiger partial charge in [0.1, 0.15) is 17.2 Å². The molecule has 0 unspecified atom stereocenters. The van der Waals surface area contributed by atoms with Gasteiger partial charge in [0.05, 0.1) is 0 Å².